The van der Waals surface area contributed by atoms with Gasteiger partial charge in [0.05, 0.1) is 39.6 Å². The predicted molar refractivity (Wildman–Crippen MR) is 111 cm³/mol. The first kappa shape index (κ1) is 25.0. The van der Waals surface area contributed by atoms with Gasteiger partial charge in [0, 0.05) is 52.4 Å². The summed E-state index contributed by atoms with van der Waals surface area (Å²) in [6, 6.07) is 0. The monoisotopic (exact) mass is 430 g/mol. The standard InChI is InChI=1S/C20H38N4O6/c1-21-3-4-22(2)6-8-24-10-12-28-14-13-27-11-9-23(7-5-21)19(25)17-29-15-16-30-18-20(24)26/h3-18H2,1-2H3. The van der Waals surface area contributed by atoms with Gasteiger partial charge in [-0.3, -0.25) is 9.59 Å². The van der Waals surface area contributed by atoms with Crippen LogP contribution in [0.1, 0.15) is 0 Å². The minimum Gasteiger partial charge on any atom is -0.377 e. The van der Waals surface area contributed by atoms with Crippen LogP contribution in [0.4, 0.5) is 0 Å². The first-order valence-corrected chi connectivity index (χ1v) is 10.8. The van der Waals surface area contributed by atoms with Crippen molar-refractivity contribution >= 4 is 11.8 Å². The second kappa shape index (κ2) is 14.7. The van der Waals surface area contributed by atoms with Gasteiger partial charge in [-0.1, -0.05) is 0 Å². The van der Waals surface area contributed by atoms with E-state index in [4.69, 9.17) is 18.9 Å². The number of rotatable bonds is 0. The maximum atomic E-state index is 12.6. The smallest absolute Gasteiger partial charge is 0.248 e. The lowest BCUT2D eigenvalue weighted by Crippen LogP contribution is -2.44. The van der Waals surface area contributed by atoms with Gasteiger partial charge in [-0.05, 0) is 14.1 Å². The zero-order valence-electron chi connectivity index (χ0n) is 18.6. The third kappa shape index (κ3) is 10.1. The first-order valence-electron chi connectivity index (χ1n) is 10.8. The van der Waals surface area contributed by atoms with Crippen LogP contribution in [0, 0.1) is 0 Å². The van der Waals surface area contributed by atoms with Crippen molar-refractivity contribution in [3.8, 4) is 0 Å². The Balaban J connectivity index is 2.09. The largest absolute Gasteiger partial charge is 0.377 e. The fourth-order valence-electron chi connectivity index (χ4n) is 3.16. The summed E-state index contributed by atoms with van der Waals surface area (Å²) in [5.41, 5.74) is 0. The summed E-state index contributed by atoms with van der Waals surface area (Å²) < 4.78 is 22.2. The maximum Gasteiger partial charge on any atom is 0.248 e. The summed E-state index contributed by atoms with van der Waals surface area (Å²) in [5, 5.41) is 0. The van der Waals surface area contributed by atoms with Crippen LogP contribution in [0.3, 0.4) is 0 Å². The van der Waals surface area contributed by atoms with Crippen LogP contribution >= 0.6 is 0 Å². The SMILES string of the molecule is CN1CCN(C)CCN2CCOCCOCCN(CC1)C(=O)COCCOCC2=O. The molecule has 3 saturated heterocycles. The van der Waals surface area contributed by atoms with E-state index in [2.05, 4.69) is 23.9 Å². The van der Waals surface area contributed by atoms with Crippen LogP contribution < -0.4 is 0 Å². The van der Waals surface area contributed by atoms with Crippen LogP contribution in [0.5, 0.6) is 0 Å². The van der Waals surface area contributed by atoms with Crippen molar-refractivity contribution in [1.82, 2.24) is 19.6 Å². The van der Waals surface area contributed by atoms with E-state index in [9.17, 15) is 9.59 Å². The molecule has 0 N–H and O–H groups in total. The Morgan fingerprint density at radius 1 is 0.500 bits per heavy atom. The molecular formula is C20H38N4O6. The van der Waals surface area contributed by atoms with Crippen molar-refractivity contribution in [2.75, 3.05) is 119 Å². The third-order valence-electron chi connectivity index (χ3n) is 5.28. The summed E-state index contributed by atoms with van der Waals surface area (Å²) in [7, 11) is 4.12. The molecule has 3 aliphatic rings. The molecule has 3 fully saturated rings. The molecule has 10 heteroatoms. The number of nitrogens with zero attached hydrogens (tertiary/aromatic N) is 4. The molecule has 3 aliphatic heterocycles. The molecule has 0 aromatic carbocycles. The Bertz CT molecular complexity index is 466. The molecule has 0 aromatic rings. The van der Waals surface area contributed by atoms with Gasteiger partial charge in [-0.25, -0.2) is 0 Å². The van der Waals surface area contributed by atoms with E-state index in [1.807, 2.05) is 0 Å². The van der Waals surface area contributed by atoms with Crippen molar-refractivity contribution in [1.29, 1.82) is 0 Å². The van der Waals surface area contributed by atoms with E-state index in [1.54, 1.807) is 9.80 Å². The summed E-state index contributed by atoms with van der Waals surface area (Å²) in [5.74, 6) is -0.130. The van der Waals surface area contributed by atoms with E-state index in [0.29, 0.717) is 52.6 Å². The molecule has 3 heterocycles. The van der Waals surface area contributed by atoms with Crippen LogP contribution in [0.15, 0.2) is 0 Å². The highest BCUT2D eigenvalue weighted by Gasteiger charge is 2.17. The van der Waals surface area contributed by atoms with Crippen molar-refractivity contribution in [3.63, 3.8) is 0 Å². The van der Waals surface area contributed by atoms with Crippen molar-refractivity contribution in [2.45, 2.75) is 0 Å². The topological polar surface area (TPSA) is 84.0 Å². The molecule has 174 valence electrons. The Morgan fingerprint density at radius 2 is 0.867 bits per heavy atom. The highest BCUT2D eigenvalue weighted by Crippen LogP contribution is 1.99. The molecule has 0 unspecified atom stereocenters. The Hall–Kier alpha value is -1.30. The fourth-order valence-corrected chi connectivity index (χ4v) is 3.16. The zero-order valence-corrected chi connectivity index (χ0v) is 18.6. The van der Waals surface area contributed by atoms with Crippen LogP contribution in [0.2, 0.25) is 0 Å². The van der Waals surface area contributed by atoms with Crippen molar-refractivity contribution in [3.05, 3.63) is 0 Å². The maximum absolute atomic E-state index is 12.6. The summed E-state index contributed by atoms with van der Waals surface area (Å²) >= 11 is 0. The molecule has 10 nitrogen and oxygen atoms in total. The molecular weight excluding hydrogens is 392 g/mol. The fraction of sp³-hybridized carbons (Fsp3) is 0.900. The lowest BCUT2D eigenvalue weighted by Gasteiger charge is -2.29. The van der Waals surface area contributed by atoms with E-state index in [0.717, 1.165) is 26.2 Å². The minimum absolute atomic E-state index is 0.000997. The van der Waals surface area contributed by atoms with Gasteiger partial charge in [-0.2, -0.15) is 0 Å². The van der Waals surface area contributed by atoms with Gasteiger partial charge in [0.15, 0.2) is 0 Å². The summed E-state index contributed by atoms with van der Waals surface area (Å²) in [6.07, 6.45) is 0. The van der Waals surface area contributed by atoms with Crippen LogP contribution in [-0.2, 0) is 28.5 Å². The molecule has 0 radical (unpaired) electrons. The lowest BCUT2D eigenvalue weighted by molar-refractivity contribution is -0.141. The molecule has 3 rings (SSSR count). The lowest BCUT2D eigenvalue weighted by atomic mass is 10.3. The third-order valence-corrected chi connectivity index (χ3v) is 5.28. The molecule has 0 atom stereocenters. The molecule has 2 bridgehead atoms. The number of hydrogen-bond donors (Lipinski definition) is 0. The summed E-state index contributed by atoms with van der Waals surface area (Å²) in [6.45, 7) is 7.97. The summed E-state index contributed by atoms with van der Waals surface area (Å²) in [4.78, 5) is 33.2. The number of likely N-dealkylation sites (N-methyl/N-ethyl adjacent to an activating group) is 2. The predicted octanol–water partition coefficient (Wildman–Crippen LogP) is -1.40. The zero-order chi connectivity index (χ0) is 21.6. The Labute approximate surface area is 179 Å². The number of ether oxygens (including phenoxy) is 4. The van der Waals surface area contributed by atoms with Crippen LogP contribution in [0.25, 0.3) is 0 Å². The van der Waals surface area contributed by atoms with E-state index >= 15 is 0 Å². The van der Waals surface area contributed by atoms with Crippen LogP contribution in [-0.4, -0.2) is 151 Å². The highest BCUT2D eigenvalue weighted by molar-refractivity contribution is 5.77. The van der Waals surface area contributed by atoms with Crippen molar-refractivity contribution < 1.29 is 28.5 Å². The number of fused-ring (bicyclic) bond motifs is 21. The normalized spacial score (nSPS) is 24.7. The molecule has 0 aromatic heterocycles. The van der Waals surface area contributed by atoms with Gasteiger partial charge in [0.2, 0.25) is 11.8 Å². The number of amides is 2. The second-order valence-corrected chi connectivity index (χ2v) is 7.70. The first-order chi connectivity index (χ1) is 14.6. The molecule has 30 heavy (non-hydrogen) atoms. The van der Waals surface area contributed by atoms with Gasteiger partial charge >= 0.3 is 0 Å². The molecule has 0 aliphatic carbocycles. The van der Waals surface area contributed by atoms with E-state index in [1.165, 1.54) is 0 Å². The second-order valence-electron chi connectivity index (χ2n) is 7.70. The Morgan fingerprint density at radius 3 is 1.30 bits per heavy atom. The molecule has 2 amide bonds. The average Bonchev–Trinajstić information content (AvgIpc) is 2.73. The van der Waals surface area contributed by atoms with Gasteiger partial charge < -0.3 is 38.5 Å². The van der Waals surface area contributed by atoms with E-state index in [-0.39, 0.29) is 38.2 Å². The average molecular weight is 431 g/mol. The Kier molecular flexibility index (Phi) is 12.2. The number of carbonyl (C=O) groups excluding carboxylic acids is 2. The number of carbonyl (C=O) groups is 2. The quantitative estimate of drug-likeness (QED) is 0.464. The molecule has 0 saturated carbocycles. The van der Waals surface area contributed by atoms with Gasteiger partial charge in [0.25, 0.3) is 0 Å². The van der Waals surface area contributed by atoms with Crippen molar-refractivity contribution in [2.24, 2.45) is 0 Å². The minimum atomic E-state index is -0.0650. The molecule has 0 spiro atoms. The number of hydrogen-bond acceptors (Lipinski definition) is 8. The van der Waals surface area contributed by atoms with E-state index < -0.39 is 0 Å². The van der Waals surface area contributed by atoms with Gasteiger partial charge in [0.1, 0.15) is 13.2 Å². The highest BCUT2D eigenvalue weighted by atomic mass is 16.5. The van der Waals surface area contributed by atoms with Gasteiger partial charge in [-0.15, -0.1) is 0 Å².